The molecule has 0 aromatic heterocycles. The molecule has 2 atom stereocenters. The van der Waals surface area contributed by atoms with Crippen LogP contribution in [0.4, 0.5) is 0 Å². The van der Waals surface area contributed by atoms with Crippen LogP contribution in [0, 0.1) is 22.7 Å². The van der Waals surface area contributed by atoms with Crippen molar-refractivity contribution >= 4 is 0 Å². The average Bonchev–Trinajstić information content (AvgIpc) is 2.85. The highest BCUT2D eigenvalue weighted by Gasteiger charge is 2.36. The van der Waals surface area contributed by atoms with E-state index in [9.17, 15) is 0 Å². The van der Waals surface area contributed by atoms with Gasteiger partial charge < -0.3 is 0 Å². The second-order valence-electron chi connectivity index (χ2n) is 14.1. The van der Waals surface area contributed by atoms with Crippen LogP contribution in [0.2, 0.25) is 0 Å². The smallest absolute Gasteiger partial charge is 0.0104 e. The summed E-state index contributed by atoms with van der Waals surface area (Å²) in [5.41, 5.74) is 9.15. The summed E-state index contributed by atoms with van der Waals surface area (Å²) in [6, 6.07) is 0. The van der Waals surface area contributed by atoms with Crippen LogP contribution >= 0.6 is 0 Å². The van der Waals surface area contributed by atoms with Crippen molar-refractivity contribution in [3.8, 4) is 0 Å². The molecule has 0 aromatic rings. The molecule has 2 aliphatic rings. The number of allylic oxidation sites excluding steroid dienone is 18. The first-order valence-corrected chi connectivity index (χ1v) is 15.9. The summed E-state index contributed by atoms with van der Waals surface area (Å²) in [6.45, 7) is 23.3. The Hall–Kier alpha value is -2.34. The SMILES string of the molecule is CC1=C(/C=C/C(C)=C/C=C/C(C)=C/C=C/C=C(C)/C=C/C=C(\C)CC[C@H]2[C@H](C)CCCC2(C)C)C(C)(C)CCC1. The van der Waals surface area contributed by atoms with Gasteiger partial charge in [0, 0.05) is 0 Å². The fourth-order valence-electron chi connectivity index (χ4n) is 6.70. The molecule has 2 rings (SSSR count). The zero-order valence-electron chi connectivity index (χ0n) is 27.7. The van der Waals surface area contributed by atoms with E-state index in [4.69, 9.17) is 0 Å². The standard InChI is InChI=1S/C40H60/c1-31(19-13-21-33(3)25-27-37-35(5)23-15-29-39(37,7)8)17-11-12-18-32(2)20-14-22-34(4)26-28-38-36(6)24-16-30-40(38,9)10/h11-14,17-22,25,27,36,38H,15-16,23-24,26,28-30H2,1-10H3/b12-11+,19-13+,20-14+,27-25+,31-17+,32-18+,33-21+,34-22+/t36-,38+/m1/s1. The van der Waals surface area contributed by atoms with Crippen molar-refractivity contribution in [2.24, 2.45) is 22.7 Å². The van der Waals surface area contributed by atoms with Gasteiger partial charge >= 0.3 is 0 Å². The van der Waals surface area contributed by atoms with Crippen LogP contribution in [0.25, 0.3) is 0 Å². The van der Waals surface area contributed by atoms with Gasteiger partial charge in [0.25, 0.3) is 0 Å². The van der Waals surface area contributed by atoms with Gasteiger partial charge in [0.2, 0.25) is 0 Å². The van der Waals surface area contributed by atoms with E-state index in [0.717, 1.165) is 11.8 Å². The van der Waals surface area contributed by atoms with Crippen LogP contribution in [0.3, 0.4) is 0 Å². The van der Waals surface area contributed by atoms with Crippen LogP contribution in [0.15, 0.2) is 106 Å². The Bertz CT molecular complexity index is 1100. The summed E-state index contributed by atoms with van der Waals surface area (Å²) < 4.78 is 0. The molecule has 1 fully saturated rings. The third kappa shape index (κ3) is 11.6. The molecule has 0 spiro atoms. The zero-order valence-corrected chi connectivity index (χ0v) is 27.7. The maximum absolute atomic E-state index is 2.48. The molecule has 1 saturated carbocycles. The van der Waals surface area contributed by atoms with Crippen molar-refractivity contribution < 1.29 is 0 Å². The highest BCUT2D eigenvalue weighted by Crippen LogP contribution is 2.46. The molecule has 0 N–H and O–H groups in total. The predicted octanol–water partition coefficient (Wildman–Crippen LogP) is 12.8. The summed E-state index contributed by atoms with van der Waals surface area (Å²) >= 11 is 0. The van der Waals surface area contributed by atoms with Gasteiger partial charge in [-0.05, 0) is 101 Å². The summed E-state index contributed by atoms with van der Waals surface area (Å²) in [5.74, 6) is 1.71. The Balaban J connectivity index is 1.82. The Kier molecular flexibility index (Phi) is 13.7. The third-order valence-electron chi connectivity index (χ3n) is 9.36. The van der Waals surface area contributed by atoms with Gasteiger partial charge in [-0.1, -0.05) is 148 Å². The van der Waals surface area contributed by atoms with E-state index < -0.39 is 0 Å². The number of hydrogen-bond acceptors (Lipinski definition) is 0. The summed E-state index contributed by atoms with van der Waals surface area (Å²) in [6.07, 6.45) is 37.0. The second kappa shape index (κ2) is 16.2. The van der Waals surface area contributed by atoms with Crippen LogP contribution in [-0.4, -0.2) is 0 Å². The van der Waals surface area contributed by atoms with Gasteiger partial charge in [0.05, 0.1) is 0 Å². The Morgan fingerprint density at radius 3 is 1.93 bits per heavy atom. The lowest BCUT2D eigenvalue weighted by molar-refractivity contribution is 0.0767. The predicted molar refractivity (Wildman–Crippen MR) is 181 cm³/mol. The Morgan fingerprint density at radius 1 is 0.750 bits per heavy atom. The quantitative estimate of drug-likeness (QED) is 0.229. The topological polar surface area (TPSA) is 0 Å². The molecule has 0 heteroatoms. The number of hydrogen-bond donors (Lipinski definition) is 0. The largest absolute Gasteiger partial charge is 0.0733 e. The fraction of sp³-hybridized carbons (Fsp3) is 0.550. The lowest BCUT2D eigenvalue weighted by Crippen LogP contribution is -2.33. The van der Waals surface area contributed by atoms with Gasteiger partial charge in [0.15, 0.2) is 0 Å². The van der Waals surface area contributed by atoms with Gasteiger partial charge in [0.1, 0.15) is 0 Å². The molecule has 0 heterocycles. The molecule has 0 radical (unpaired) electrons. The third-order valence-corrected chi connectivity index (χ3v) is 9.36. The second-order valence-corrected chi connectivity index (χ2v) is 14.1. The summed E-state index contributed by atoms with van der Waals surface area (Å²) in [7, 11) is 0. The first-order chi connectivity index (χ1) is 18.8. The monoisotopic (exact) mass is 540 g/mol. The minimum absolute atomic E-state index is 0.295. The first kappa shape index (κ1) is 33.9. The van der Waals surface area contributed by atoms with E-state index in [1.807, 2.05) is 0 Å². The van der Waals surface area contributed by atoms with E-state index in [1.54, 1.807) is 5.57 Å². The van der Waals surface area contributed by atoms with E-state index in [-0.39, 0.29) is 0 Å². The van der Waals surface area contributed by atoms with E-state index >= 15 is 0 Å². The molecular weight excluding hydrogens is 480 g/mol. The van der Waals surface area contributed by atoms with Crippen LogP contribution in [0.5, 0.6) is 0 Å². The highest BCUT2D eigenvalue weighted by atomic mass is 14.4. The van der Waals surface area contributed by atoms with Crippen molar-refractivity contribution in [3.63, 3.8) is 0 Å². The van der Waals surface area contributed by atoms with Crippen molar-refractivity contribution in [1.82, 2.24) is 0 Å². The lowest BCUT2D eigenvalue weighted by atomic mass is 9.62. The first-order valence-electron chi connectivity index (χ1n) is 15.9. The van der Waals surface area contributed by atoms with E-state index in [2.05, 4.69) is 142 Å². The molecule has 0 amide bonds. The number of rotatable bonds is 11. The van der Waals surface area contributed by atoms with Gasteiger partial charge in [-0.3, -0.25) is 0 Å². The Labute approximate surface area is 249 Å². The van der Waals surface area contributed by atoms with Crippen molar-refractivity contribution in [1.29, 1.82) is 0 Å². The maximum atomic E-state index is 2.48. The highest BCUT2D eigenvalue weighted by molar-refractivity contribution is 5.37. The minimum Gasteiger partial charge on any atom is -0.0733 e. The lowest BCUT2D eigenvalue weighted by Gasteiger charge is -2.43. The molecular formula is C40H60. The maximum Gasteiger partial charge on any atom is -0.0104 e. The molecule has 0 aliphatic heterocycles. The van der Waals surface area contributed by atoms with Crippen molar-refractivity contribution in [3.05, 3.63) is 106 Å². The van der Waals surface area contributed by atoms with E-state index in [0.29, 0.717) is 10.8 Å². The minimum atomic E-state index is 0.295. The van der Waals surface area contributed by atoms with Gasteiger partial charge in [-0.2, -0.15) is 0 Å². The van der Waals surface area contributed by atoms with E-state index in [1.165, 1.54) is 79.2 Å². The van der Waals surface area contributed by atoms with Crippen LogP contribution in [0.1, 0.15) is 121 Å². The molecule has 0 unspecified atom stereocenters. The molecule has 0 aromatic carbocycles. The van der Waals surface area contributed by atoms with Gasteiger partial charge in [-0.25, -0.2) is 0 Å². The van der Waals surface area contributed by atoms with Crippen LogP contribution in [-0.2, 0) is 0 Å². The van der Waals surface area contributed by atoms with Crippen molar-refractivity contribution in [2.45, 2.75) is 121 Å². The molecule has 0 nitrogen and oxygen atoms in total. The summed E-state index contributed by atoms with van der Waals surface area (Å²) in [4.78, 5) is 0. The van der Waals surface area contributed by atoms with Crippen molar-refractivity contribution in [2.75, 3.05) is 0 Å². The summed E-state index contributed by atoms with van der Waals surface area (Å²) in [5, 5.41) is 0. The van der Waals surface area contributed by atoms with Crippen LogP contribution < -0.4 is 0 Å². The molecule has 0 bridgehead atoms. The van der Waals surface area contributed by atoms with Gasteiger partial charge in [-0.15, -0.1) is 0 Å². The normalized spacial score (nSPS) is 25.4. The zero-order chi connectivity index (χ0) is 29.8. The fourth-order valence-corrected chi connectivity index (χ4v) is 6.70. The average molecular weight is 541 g/mol. The molecule has 2 aliphatic carbocycles. The molecule has 40 heavy (non-hydrogen) atoms. The molecule has 220 valence electrons. The molecule has 0 saturated heterocycles. The Morgan fingerprint density at radius 2 is 1.32 bits per heavy atom.